The predicted octanol–water partition coefficient (Wildman–Crippen LogP) is 2.72. The first-order valence-electron chi connectivity index (χ1n) is 7.51. The zero-order chi connectivity index (χ0) is 17.2. The number of likely N-dealkylation sites (tertiary alicyclic amines) is 1. The highest BCUT2D eigenvalue weighted by molar-refractivity contribution is 5.69. The van der Waals surface area contributed by atoms with Crippen molar-refractivity contribution in [1.82, 2.24) is 9.88 Å². The summed E-state index contributed by atoms with van der Waals surface area (Å²) in [7, 11) is 0. The Labute approximate surface area is 135 Å². The minimum Gasteiger partial charge on any atom is -0.444 e. The van der Waals surface area contributed by atoms with E-state index in [1.807, 2.05) is 20.8 Å². The van der Waals surface area contributed by atoms with Gasteiger partial charge in [0, 0.05) is 31.4 Å². The van der Waals surface area contributed by atoms with Crippen LogP contribution in [0.4, 0.5) is 16.3 Å². The molecule has 0 spiro atoms. The fraction of sp³-hybridized carbons (Fsp3) is 0.600. The van der Waals surface area contributed by atoms with Gasteiger partial charge in [-0.1, -0.05) is 0 Å². The number of rotatable bonds is 3. The summed E-state index contributed by atoms with van der Waals surface area (Å²) in [5.74, 6) is 0.233. The molecule has 1 unspecified atom stereocenters. The van der Waals surface area contributed by atoms with Crippen molar-refractivity contribution in [2.75, 3.05) is 18.4 Å². The molecule has 1 atom stereocenters. The molecule has 1 N–H and O–H groups in total. The Hall–Kier alpha value is -2.38. The van der Waals surface area contributed by atoms with E-state index in [1.54, 1.807) is 18.0 Å². The molecule has 0 aromatic carbocycles. The van der Waals surface area contributed by atoms with Crippen molar-refractivity contribution < 1.29 is 14.5 Å². The third-order valence-electron chi connectivity index (χ3n) is 3.38. The van der Waals surface area contributed by atoms with Crippen LogP contribution < -0.4 is 5.32 Å². The Morgan fingerprint density at radius 2 is 2.22 bits per heavy atom. The fourth-order valence-corrected chi connectivity index (χ4v) is 2.37. The van der Waals surface area contributed by atoms with Crippen LogP contribution in [0.15, 0.2) is 12.3 Å². The summed E-state index contributed by atoms with van der Waals surface area (Å²) >= 11 is 0. The van der Waals surface area contributed by atoms with Crippen LogP contribution in [0.25, 0.3) is 0 Å². The minimum atomic E-state index is -0.542. The topological polar surface area (TPSA) is 97.6 Å². The number of aromatic nitrogens is 1. The second-order valence-electron chi connectivity index (χ2n) is 6.69. The van der Waals surface area contributed by atoms with Gasteiger partial charge in [-0.3, -0.25) is 10.1 Å². The number of nitrogens with one attached hydrogen (secondary N) is 1. The SMILES string of the molecule is Cc1cnc(NC2CCN(C(=O)OC(C)(C)C)C2)c([N+](=O)[O-])c1. The van der Waals surface area contributed by atoms with Gasteiger partial charge in [0.05, 0.1) is 4.92 Å². The molecule has 1 aliphatic rings. The second kappa shape index (κ2) is 6.39. The molecular weight excluding hydrogens is 300 g/mol. The highest BCUT2D eigenvalue weighted by Crippen LogP contribution is 2.25. The van der Waals surface area contributed by atoms with E-state index in [2.05, 4.69) is 10.3 Å². The highest BCUT2D eigenvalue weighted by Gasteiger charge is 2.31. The number of amides is 1. The summed E-state index contributed by atoms with van der Waals surface area (Å²) in [6, 6.07) is 1.40. The van der Waals surface area contributed by atoms with Crippen LogP contribution in [0.1, 0.15) is 32.8 Å². The van der Waals surface area contributed by atoms with Crippen LogP contribution >= 0.6 is 0 Å². The van der Waals surface area contributed by atoms with Gasteiger partial charge >= 0.3 is 11.8 Å². The number of carbonyl (C=O) groups is 1. The first-order valence-corrected chi connectivity index (χ1v) is 7.51. The number of pyridine rings is 1. The smallest absolute Gasteiger partial charge is 0.410 e. The Morgan fingerprint density at radius 3 is 2.83 bits per heavy atom. The van der Waals surface area contributed by atoms with Gasteiger partial charge in [-0.05, 0) is 39.7 Å². The molecule has 1 aromatic rings. The van der Waals surface area contributed by atoms with E-state index in [4.69, 9.17) is 4.74 Å². The van der Waals surface area contributed by atoms with Gasteiger partial charge in [0.1, 0.15) is 5.60 Å². The second-order valence-corrected chi connectivity index (χ2v) is 6.69. The molecule has 1 amide bonds. The summed E-state index contributed by atoms with van der Waals surface area (Å²) in [5.41, 5.74) is 0.129. The third kappa shape index (κ3) is 4.54. The number of aryl methyl sites for hydroxylation is 1. The van der Waals surface area contributed by atoms with E-state index in [0.717, 1.165) is 5.56 Å². The van der Waals surface area contributed by atoms with Gasteiger partial charge in [-0.25, -0.2) is 9.78 Å². The number of ether oxygens (including phenoxy) is 1. The van der Waals surface area contributed by atoms with E-state index in [1.165, 1.54) is 6.07 Å². The summed E-state index contributed by atoms with van der Waals surface area (Å²) in [6.45, 7) is 8.18. The predicted molar refractivity (Wildman–Crippen MR) is 85.5 cm³/mol. The lowest BCUT2D eigenvalue weighted by molar-refractivity contribution is -0.384. The van der Waals surface area contributed by atoms with Gasteiger partial charge in [0.25, 0.3) is 0 Å². The quantitative estimate of drug-likeness (QED) is 0.679. The number of anilines is 1. The molecule has 1 fully saturated rings. The van der Waals surface area contributed by atoms with Crippen molar-refractivity contribution in [2.45, 2.75) is 45.8 Å². The molecule has 2 heterocycles. The van der Waals surface area contributed by atoms with E-state index in [0.29, 0.717) is 19.5 Å². The Balaban J connectivity index is 2.01. The largest absolute Gasteiger partial charge is 0.444 e. The van der Waals surface area contributed by atoms with E-state index < -0.39 is 10.5 Å². The zero-order valence-electron chi connectivity index (χ0n) is 13.8. The lowest BCUT2D eigenvalue weighted by atomic mass is 10.2. The van der Waals surface area contributed by atoms with Crippen LogP contribution in [0.2, 0.25) is 0 Å². The normalized spacial score (nSPS) is 17.9. The number of nitro groups is 1. The number of carbonyl (C=O) groups excluding carboxylic acids is 1. The fourth-order valence-electron chi connectivity index (χ4n) is 2.37. The van der Waals surface area contributed by atoms with Crippen molar-refractivity contribution in [3.05, 3.63) is 27.9 Å². The van der Waals surface area contributed by atoms with E-state index in [-0.39, 0.29) is 23.6 Å². The lowest BCUT2D eigenvalue weighted by Crippen LogP contribution is -2.36. The maximum absolute atomic E-state index is 12.0. The molecule has 0 aliphatic carbocycles. The van der Waals surface area contributed by atoms with Gasteiger partial charge in [0.2, 0.25) is 5.82 Å². The standard InChI is InChI=1S/C15H22N4O4/c1-10-7-12(19(21)22)13(16-8-10)17-11-5-6-18(9-11)14(20)23-15(2,3)4/h7-8,11H,5-6,9H2,1-4H3,(H,16,17). The summed E-state index contributed by atoms with van der Waals surface area (Å²) in [6.07, 6.45) is 1.90. The number of nitrogens with zero attached hydrogens (tertiary/aromatic N) is 3. The molecule has 0 radical (unpaired) electrons. The first kappa shape index (κ1) is 17.0. The Morgan fingerprint density at radius 1 is 1.52 bits per heavy atom. The van der Waals surface area contributed by atoms with Crippen LogP contribution in [0, 0.1) is 17.0 Å². The molecule has 1 aromatic heterocycles. The van der Waals surface area contributed by atoms with Gasteiger partial charge < -0.3 is 15.0 Å². The molecule has 126 valence electrons. The van der Waals surface area contributed by atoms with Gasteiger partial charge in [0.15, 0.2) is 0 Å². The maximum atomic E-state index is 12.0. The van der Waals surface area contributed by atoms with E-state index >= 15 is 0 Å². The summed E-state index contributed by atoms with van der Waals surface area (Å²) in [5, 5.41) is 14.2. The molecular formula is C15H22N4O4. The molecule has 0 saturated carbocycles. The van der Waals surface area contributed by atoms with Crippen molar-refractivity contribution >= 4 is 17.6 Å². The lowest BCUT2D eigenvalue weighted by Gasteiger charge is -2.24. The van der Waals surface area contributed by atoms with Crippen molar-refractivity contribution in [2.24, 2.45) is 0 Å². The molecule has 2 rings (SSSR count). The van der Waals surface area contributed by atoms with Crippen LogP contribution in [0.3, 0.4) is 0 Å². The van der Waals surface area contributed by atoms with Crippen molar-refractivity contribution in [3.63, 3.8) is 0 Å². The molecule has 23 heavy (non-hydrogen) atoms. The Bertz CT molecular complexity index is 612. The minimum absolute atomic E-state index is 0.0549. The van der Waals surface area contributed by atoms with Crippen LogP contribution in [-0.4, -0.2) is 45.6 Å². The Kier molecular flexibility index (Phi) is 4.72. The molecule has 0 bridgehead atoms. The van der Waals surface area contributed by atoms with Gasteiger partial charge in [-0.2, -0.15) is 0 Å². The summed E-state index contributed by atoms with van der Waals surface area (Å²) in [4.78, 5) is 28.4. The highest BCUT2D eigenvalue weighted by atomic mass is 16.6. The van der Waals surface area contributed by atoms with Crippen molar-refractivity contribution in [3.8, 4) is 0 Å². The summed E-state index contributed by atoms with van der Waals surface area (Å²) < 4.78 is 5.33. The number of hydrogen-bond acceptors (Lipinski definition) is 6. The van der Waals surface area contributed by atoms with Crippen LogP contribution in [0.5, 0.6) is 0 Å². The molecule has 8 nitrogen and oxygen atoms in total. The van der Waals surface area contributed by atoms with Crippen molar-refractivity contribution in [1.29, 1.82) is 0 Å². The first-order chi connectivity index (χ1) is 10.7. The maximum Gasteiger partial charge on any atom is 0.410 e. The average Bonchev–Trinajstić information content (AvgIpc) is 2.87. The number of hydrogen-bond donors (Lipinski definition) is 1. The molecule has 8 heteroatoms. The van der Waals surface area contributed by atoms with E-state index in [9.17, 15) is 14.9 Å². The monoisotopic (exact) mass is 322 g/mol. The molecule has 1 saturated heterocycles. The third-order valence-corrected chi connectivity index (χ3v) is 3.38. The zero-order valence-corrected chi connectivity index (χ0v) is 13.8. The molecule has 1 aliphatic heterocycles. The average molecular weight is 322 g/mol. The van der Waals surface area contributed by atoms with Crippen LogP contribution in [-0.2, 0) is 4.74 Å². The van der Waals surface area contributed by atoms with Gasteiger partial charge in [-0.15, -0.1) is 0 Å².